The zero-order valence-corrected chi connectivity index (χ0v) is 23.4. The smallest absolute Gasteiger partial charge is 0.163 e. The topological polar surface area (TPSA) is 71.0 Å². The fourth-order valence-electron chi connectivity index (χ4n) is 6.69. The van der Waals surface area contributed by atoms with Crippen LogP contribution in [-0.2, 0) is 13.1 Å². The van der Waals surface area contributed by atoms with Gasteiger partial charge in [0.15, 0.2) is 5.78 Å². The van der Waals surface area contributed by atoms with Gasteiger partial charge in [0.05, 0.1) is 33.0 Å². The average molecular weight is 543 g/mol. The number of hydrogen-bond donors (Lipinski definition) is 0. The minimum atomic E-state index is 0.228. The number of aromatic nitrogens is 2. The Morgan fingerprint density at radius 3 is 2.88 bits per heavy atom. The summed E-state index contributed by atoms with van der Waals surface area (Å²) in [6.07, 6.45) is 7.05. The summed E-state index contributed by atoms with van der Waals surface area (Å²) in [7, 11) is 0. The first-order valence-electron chi connectivity index (χ1n) is 14.1. The summed E-state index contributed by atoms with van der Waals surface area (Å²) < 4.78 is 3.41. The number of thiazole rings is 1. The number of hydrogen-bond acceptors (Lipinski definition) is 5. The summed E-state index contributed by atoms with van der Waals surface area (Å²) in [5, 5.41) is 11.7. The Kier molecular flexibility index (Phi) is 6.32. The summed E-state index contributed by atoms with van der Waals surface area (Å²) in [6, 6.07) is 23.0. The molecule has 0 saturated heterocycles. The van der Waals surface area contributed by atoms with E-state index in [1.165, 1.54) is 16.7 Å². The molecule has 0 radical (unpaired) electrons. The van der Waals surface area contributed by atoms with Crippen LogP contribution < -0.4 is 0 Å². The van der Waals surface area contributed by atoms with Gasteiger partial charge in [-0.05, 0) is 67.9 Å². The third-order valence-electron chi connectivity index (χ3n) is 8.59. The van der Waals surface area contributed by atoms with Crippen LogP contribution in [0, 0.1) is 30.1 Å². The summed E-state index contributed by atoms with van der Waals surface area (Å²) >= 11 is 1.70. The fourth-order valence-corrected chi connectivity index (χ4v) is 7.56. The molecule has 2 aliphatic rings. The van der Waals surface area contributed by atoms with Gasteiger partial charge in [0.1, 0.15) is 6.07 Å². The number of aryl methyl sites for hydroxylation is 1. The molecular weight excluding hydrogens is 512 g/mol. The van der Waals surface area contributed by atoms with Crippen LogP contribution in [0.3, 0.4) is 0 Å². The van der Waals surface area contributed by atoms with E-state index >= 15 is 0 Å². The monoisotopic (exact) mass is 542 g/mol. The molecule has 0 amide bonds. The number of para-hydroxylation sites is 1. The highest BCUT2D eigenvalue weighted by molar-refractivity contribution is 7.18. The molecule has 5 nitrogen and oxygen atoms in total. The Bertz CT molecular complexity index is 1850. The quantitative estimate of drug-likeness (QED) is 0.205. The standard InChI is InChI=1S/C34H30N4OS/c1-21-37-30-12-11-25(16-33(30)40-21)34-29-15-24(9-10-26(29)18-36-34)32(39)14-22-5-4-6-23(13-22)19-38-20-27(17-35)28-7-2-3-8-31(28)38/h2-3,7-12,15-16,20,22-23H,4-6,13-14,18-19H2,1H3. The molecule has 6 heteroatoms. The third-order valence-corrected chi connectivity index (χ3v) is 9.53. The molecule has 2 aromatic heterocycles. The highest BCUT2D eigenvalue weighted by Crippen LogP contribution is 2.35. The van der Waals surface area contributed by atoms with E-state index in [4.69, 9.17) is 4.99 Å². The van der Waals surface area contributed by atoms with Crippen LogP contribution in [0.2, 0.25) is 0 Å². The molecule has 3 heterocycles. The van der Waals surface area contributed by atoms with E-state index in [-0.39, 0.29) is 5.78 Å². The molecule has 5 aromatic rings. The van der Waals surface area contributed by atoms with Crippen molar-refractivity contribution in [3.05, 3.63) is 99.7 Å². The molecule has 2 atom stereocenters. The van der Waals surface area contributed by atoms with E-state index < -0.39 is 0 Å². The van der Waals surface area contributed by atoms with Crippen LogP contribution in [0.25, 0.3) is 21.1 Å². The Labute approximate surface area is 237 Å². The van der Waals surface area contributed by atoms with Gasteiger partial charge >= 0.3 is 0 Å². The van der Waals surface area contributed by atoms with Crippen molar-refractivity contribution in [1.29, 1.82) is 5.26 Å². The molecule has 198 valence electrons. The number of fused-ring (bicyclic) bond motifs is 3. The highest BCUT2D eigenvalue weighted by atomic mass is 32.1. The number of aliphatic imine (C=N–C) groups is 1. The molecule has 3 aromatic carbocycles. The number of nitrogens with zero attached hydrogens (tertiary/aromatic N) is 4. The van der Waals surface area contributed by atoms with Crippen LogP contribution in [0.5, 0.6) is 0 Å². The predicted octanol–water partition coefficient (Wildman–Crippen LogP) is 7.86. The van der Waals surface area contributed by atoms with Gasteiger partial charge < -0.3 is 4.57 Å². The fraction of sp³-hybridized carbons (Fsp3) is 0.294. The molecule has 1 aliphatic heterocycles. The van der Waals surface area contributed by atoms with Crippen molar-refractivity contribution in [2.45, 2.75) is 52.1 Å². The Hall–Kier alpha value is -4.08. The summed E-state index contributed by atoms with van der Waals surface area (Å²) in [6.45, 7) is 3.59. The molecule has 2 unspecified atom stereocenters. The van der Waals surface area contributed by atoms with Crippen LogP contribution in [0.4, 0.5) is 0 Å². The summed E-state index contributed by atoms with van der Waals surface area (Å²) in [5.41, 5.74) is 8.01. The van der Waals surface area contributed by atoms with Crippen molar-refractivity contribution in [1.82, 2.24) is 9.55 Å². The zero-order chi connectivity index (χ0) is 27.2. The molecule has 40 heavy (non-hydrogen) atoms. The van der Waals surface area contributed by atoms with Gasteiger partial charge in [-0.1, -0.05) is 42.8 Å². The Morgan fingerprint density at radius 2 is 1.98 bits per heavy atom. The second-order valence-electron chi connectivity index (χ2n) is 11.3. The van der Waals surface area contributed by atoms with Gasteiger partial charge in [0.2, 0.25) is 0 Å². The number of nitriles is 1. The van der Waals surface area contributed by atoms with Gasteiger partial charge in [0.25, 0.3) is 0 Å². The lowest BCUT2D eigenvalue weighted by Gasteiger charge is -2.29. The van der Waals surface area contributed by atoms with Crippen LogP contribution in [0.15, 0.2) is 71.9 Å². The van der Waals surface area contributed by atoms with E-state index in [1.54, 1.807) is 11.3 Å². The second kappa shape index (κ2) is 10.1. The van der Waals surface area contributed by atoms with E-state index in [2.05, 4.69) is 52.0 Å². The van der Waals surface area contributed by atoms with Crippen LogP contribution >= 0.6 is 11.3 Å². The zero-order valence-electron chi connectivity index (χ0n) is 22.6. The maximum absolute atomic E-state index is 13.5. The summed E-state index contributed by atoms with van der Waals surface area (Å²) in [4.78, 5) is 23.0. The highest BCUT2D eigenvalue weighted by Gasteiger charge is 2.26. The van der Waals surface area contributed by atoms with Crippen LogP contribution in [0.1, 0.15) is 69.7 Å². The van der Waals surface area contributed by atoms with Crippen molar-refractivity contribution < 1.29 is 4.79 Å². The van der Waals surface area contributed by atoms with Gasteiger partial charge in [-0.3, -0.25) is 9.79 Å². The minimum Gasteiger partial charge on any atom is -0.346 e. The largest absolute Gasteiger partial charge is 0.346 e. The number of benzene rings is 3. The Morgan fingerprint density at radius 1 is 1.10 bits per heavy atom. The molecule has 1 aliphatic carbocycles. The summed E-state index contributed by atoms with van der Waals surface area (Å²) in [5.74, 6) is 1.13. The number of carbonyl (C=O) groups excluding carboxylic acids is 1. The number of carbonyl (C=O) groups is 1. The molecular formula is C34H30N4OS. The van der Waals surface area contributed by atoms with Gasteiger partial charge in [-0.2, -0.15) is 5.26 Å². The molecule has 0 N–H and O–H groups in total. The lowest BCUT2D eigenvalue weighted by molar-refractivity contribution is 0.0937. The predicted molar refractivity (Wildman–Crippen MR) is 161 cm³/mol. The van der Waals surface area contributed by atoms with Crippen molar-refractivity contribution in [3.63, 3.8) is 0 Å². The first-order chi connectivity index (χ1) is 19.6. The van der Waals surface area contributed by atoms with Crippen molar-refractivity contribution in [2.75, 3.05) is 0 Å². The SMILES string of the molecule is Cc1nc2ccc(C3=NCc4ccc(C(=O)CC5CCCC(Cn6cc(C#N)c7ccccc76)C5)cc43)cc2s1. The maximum atomic E-state index is 13.5. The number of rotatable bonds is 6. The lowest BCUT2D eigenvalue weighted by Crippen LogP contribution is -2.22. The Balaban J connectivity index is 1.06. The molecule has 0 spiro atoms. The first kappa shape index (κ1) is 24.9. The maximum Gasteiger partial charge on any atom is 0.163 e. The normalized spacial score (nSPS) is 18.6. The number of ketones is 1. The van der Waals surface area contributed by atoms with E-state index in [1.807, 2.05) is 37.4 Å². The van der Waals surface area contributed by atoms with E-state index in [0.29, 0.717) is 24.8 Å². The second-order valence-corrected chi connectivity index (χ2v) is 12.5. The minimum absolute atomic E-state index is 0.228. The van der Waals surface area contributed by atoms with Crippen molar-refractivity contribution in [2.24, 2.45) is 16.8 Å². The van der Waals surface area contributed by atoms with Gasteiger partial charge in [-0.25, -0.2) is 4.98 Å². The van der Waals surface area contributed by atoms with Crippen LogP contribution in [-0.4, -0.2) is 21.0 Å². The van der Waals surface area contributed by atoms with E-state index in [9.17, 15) is 10.1 Å². The first-order valence-corrected chi connectivity index (χ1v) is 14.9. The van der Waals surface area contributed by atoms with Crippen molar-refractivity contribution >= 4 is 44.0 Å². The lowest BCUT2D eigenvalue weighted by atomic mass is 9.78. The molecule has 1 fully saturated rings. The van der Waals surface area contributed by atoms with Gasteiger partial charge in [0, 0.05) is 46.8 Å². The number of Topliss-reactive ketones (excluding diaryl/α,β-unsaturated/α-hetero) is 1. The molecule has 1 saturated carbocycles. The van der Waals surface area contributed by atoms with Gasteiger partial charge in [-0.15, -0.1) is 11.3 Å². The molecule has 0 bridgehead atoms. The molecule has 7 rings (SSSR count). The average Bonchev–Trinajstić information content (AvgIpc) is 3.66. The third kappa shape index (κ3) is 4.55. The van der Waals surface area contributed by atoms with Crippen molar-refractivity contribution in [3.8, 4) is 6.07 Å². The van der Waals surface area contributed by atoms with E-state index in [0.717, 1.165) is 75.2 Å².